The van der Waals surface area contributed by atoms with Crippen LogP contribution < -0.4 is 5.32 Å². The molecule has 1 saturated heterocycles. The van der Waals surface area contributed by atoms with Crippen LogP contribution in [0, 0.1) is 11.8 Å². The fourth-order valence-electron chi connectivity index (χ4n) is 3.79. The molecule has 4 heterocycles. The molecule has 2 atom stereocenters. The van der Waals surface area contributed by atoms with E-state index >= 15 is 0 Å². The van der Waals surface area contributed by atoms with Crippen molar-refractivity contribution in [1.29, 1.82) is 0 Å². The lowest BCUT2D eigenvalue weighted by Gasteiger charge is -2.23. The fourth-order valence-corrected chi connectivity index (χ4v) is 4.84. The Balaban J connectivity index is 1.34. The summed E-state index contributed by atoms with van der Waals surface area (Å²) in [5.41, 5.74) is 1.88. The van der Waals surface area contributed by atoms with Gasteiger partial charge in [0, 0.05) is 54.9 Å². The van der Waals surface area contributed by atoms with E-state index in [0.29, 0.717) is 23.3 Å². The van der Waals surface area contributed by atoms with Gasteiger partial charge in [-0.25, -0.2) is 4.98 Å². The van der Waals surface area contributed by atoms with Crippen LogP contribution in [-0.4, -0.2) is 39.2 Å². The largest absolute Gasteiger partial charge is 0.347 e. The Labute approximate surface area is 180 Å². The molecule has 30 heavy (non-hydrogen) atoms. The van der Waals surface area contributed by atoms with E-state index in [2.05, 4.69) is 24.1 Å². The van der Waals surface area contributed by atoms with Gasteiger partial charge in [-0.1, -0.05) is 20.8 Å². The minimum absolute atomic E-state index is 0.0506. The van der Waals surface area contributed by atoms with Crippen molar-refractivity contribution in [3.63, 3.8) is 0 Å². The molecule has 3 aromatic rings. The van der Waals surface area contributed by atoms with Crippen LogP contribution in [0.3, 0.4) is 0 Å². The average Bonchev–Trinajstić information content (AvgIpc) is 3.49. The number of pyridine rings is 1. The van der Waals surface area contributed by atoms with Crippen LogP contribution in [-0.2, 0) is 11.3 Å². The smallest absolute Gasteiger partial charge is 0.261 e. The van der Waals surface area contributed by atoms with Crippen LogP contribution in [0.5, 0.6) is 0 Å². The van der Waals surface area contributed by atoms with Crippen LogP contribution >= 0.6 is 11.3 Å². The Hall–Kier alpha value is -2.67. The number of amides is 2. The van der Waals surface area contributed by atoms with Crippen LogP contribution in [0.4, 0.5) is 0 Å². The Morgan fingerprint density at radius 2 is 2.07 bits per heavy atom. The first kappa shape index (κ1) is 20.6. The molecule has 0 radical (unpaired) electrons. The highest BCUT2D eigenvalue weighted by molar-refractivity contribution is 7.14. The maximum Gasteiger partial charge on any atom is 0.261 e. The summed E-state index contributed by atoms with van der Waals surface area (Å²) < 4.78 is 1.94. The number of thiophene rings is 1. The molecule has 4 rings (SSSR count). The first-order chi connectivity index (χ1) is 14.4. The van der Waals surface area contributed by atoms with Crippen molar-refractivity contribution in [1.82, 2.24) is 19.6 Å². The van der Waals surface area contributed by atoms with Crippen molar-refractivity contribution in [2.24, 2.45) is 11.8 Å². The van der Waals surface area contributed by atoms with Crippen molar-refractivity contribution < 1.29 is 9.59 Å². The number of imidazole rings is 1. The molecular formula is C23H28N4O2S. The quantitative estimate of drug-likeness (QED) is 0.652. The highest BCUT2D eigenvalue weighted by Gasteiger charge is 2.31. The molecule has 1 fully saturated rings. The van der Waals surface area contributed by atoms with Crippen LogP contribution in [0.25, 0.3) is 5.65 Å². The number of aromatic nitrogens is 2. The van der Waals surface area contributed by atoms with Gasteiger partial charge >= 0.3 is 0 Å². The number of hydrogen-bond acceptors (Lipinski definition) is 4. The van der Waals surface area contributed by atoms with Crippen molar-refractivity contribution in [2.45, 2.75) is 39.7 Å². The molecule has 6 nitrogen and oxygen atoms in total. The SMILES string of the molecule is CC(C)C(C)C(=O)N1CCC(c2ccc(C(=O)NCc3ccn4ccnc4c3)s2)C1. The number of hydrogen-bond donors (Lipinski definition) is 1. The Morgan fingerprint density at radius 3 is 2.87 bits per heavy atom. The van der Waals surface area contributed by atoms with Gasteiger partial charge in [0.15, 0.2) is 0 Å². The van der Waals surface area contributed by atoms with Crippen molar-refractivity contribution in [3.8, 4) is 0 Å². The summed E-state index contributed by atoms with van der Waals surface area (Å²) in [4.78, 5) is 33.4. The van der Waals surface area contributed by atoms with E-state index in [1.807, 2.05) is 52.9 Å². The van der Waals surface area contributed by atoms with Gasteiger partial charge in [-0.3, -0.25) is 9.59 Å². The van der Waals surface area contributed by atoms with E-state index in [1.165, 1.54) is 16.2 Å². The van der Waals surface area contributed by atoms with Gasteiger partial charge in [0.25, 0.3) is 5.91 Å². The molecule has 1 aliphatic heterocycles. The maximum absolute atomic E-state index is 12.6. The molecule has 2 unspecified atom stereocenters. The molecule has 2 amide bonds. The summed E-state index contributed by atoms with van der Waals surface area (Å²) in [5.74, 6) is 0.908. The minimum Gasteiger partial charge on any atom is -0.347 e. The number of likely N-dealkylation sites (tertiary alicyclic amines) is 1. The van der Waals surface area contributed by atoms with Crippen LogP contribution in [0.2, 0.25) is 0 Å². The minimum atomic E-state index is -0.0613. The summed E-state index contributed by atoms with van der Waals surface area (Å²) in [6.45, 7) is 8.21. The highest BCUT2D eigenvalue weighted by atomic mass is 32.1. The van der Waals surface area contributed by atoms with E-state index in [4.69, 9.17) is 0 Å². The third-order valence-electron chi connectivity index (χ3n) is 6.06. The molecule has 1 aliphatic rings. The van der Waals surface area contributed by atoms with Gasteiger partial charge < -0.3 is 14.6 Å². The third-order valence-corrected chi connectivity index (χ3v) is 7.30. The third kappa shape index (κ3) is 4.26. The van der Waals surface area contributed by atoms with Gasteiger partial charge in [-0.2, -0.15) is 0 Å². The second kappa shape index (κ2) is 8.60. The lowest BCUT2D eigenvalue weighted by molar-refractivity contribution is -0.135. The predicted octanol–water partition coefficient (Wildman–Crippen LogP) is 3.93. The predicted molar refractivity (Wildman–Crippen MR) is 119 cm³/mol. The van der Waals surface area contributed by atoms with E-state index < -0.39 is 0 Å². The lowest BCUT2D eigenvalue weighted by atomic mass is 9.97. The van der Waals surface area contributed by atoms with E-state index in [0.717, 1.165) is 30.7 Å². The maximum atomic E-state index is 12.6. The number of rotatable bonds is 6. The van der Waals surface area contributed by atoms with Crippen LogP contribution in [0.15, 0.2) is 42.9 Å². The zero-order valence-electron chi connectivity index (χ0n) is 17.7. The molecular weight excluding hydrogens is 396 g/mol. The molecule has 158 valence electrons. The van der Waals surface area contributed by atoms with Gasteiger partial charge in [0.1, 0.15) is 5.65 Å². The van der Waals surface area contributed by atoms with Crippen molar-refractivity contribution >= 4 is 28.8 Å². The van der Waals surface area contributed by atoms with Crippen molar-refractivity contribution in [3.05, 3.63) is 58.2 Å². The number of carbonyl (C=O) groups excluding carboxylic acids is 2. The molecule has 1 N–H and O–H groups in total. The summed E-state index contributed by atoms with van der Waals surface area (Å²) in [6, 6.07) is 7.90. The van der Waals surface area contributed by atoms with Gasteiger partial charge in [0.2, 0.25) is 5.91 Å². The zero-order chi connectivity index (χ0) is 21.3. The number of nitrogens with zero attached hydrogens (tertiary/aromatic N) is 3. The number of nitrogens with one attached hydrogen (secondary N) is 1. The lowest BCUT2D eigenvalue weighted by Crippen LogP contribution is -2.35. The van der Waals surface area contributed by atoms with Gasteiger partial charge in [0.05, 0.1) is 4.88 Å². The molecule has 0 aromatic carbocycles. The van der Waals surface area contributed by atoms with Crippen molar-refractivity contribution in [2.75, 3.05) is 13.1 Å². The highest BCUT2D eigenvalue weighted by Crippen LogP contribution is 2.33. The molecule has 0 aliphatic carbocycles. The summed E-state index contributed by atoms with van der Waals surface area (Å²) in [7, 11) is 0. The Kier molecular flexibility index (Phi) is 5.90. The Bertz CT molecular complexity index is 1050. The molecule has 7 heteroatoms. The van der Waals surface area contributed by atoms with Gasteiger partial charge in [-0.05, 0) is 42.2 Å². The van der Waals surface area contributed by atoms with E-state index in [9.17, 15) is 9.59 Å². The second-order valence-electron chi connectivity index (χ2n) is 8.41. The summed E-state index contributed by atoms with van der Waals surface area (Å²) >= 11 is 1.54. The Morgan fingerprint density at radius 1 is 1.23 bits per heavy atom. The first-order valence-electron chi connectivity index (χ1n) is 10.5. The number of fused-ring (bicyclic) bond motifs is 1. The zero-order valence-corrected chi connectivity index (χ0v) is 18.5. The van der Waals surface area contributed by atoms with E-state index in [-0.39, 0.29) is 17.7 Å². The van der Waals surface area contributed by atoms with E-state index in [1.54, 1.807) is 6.20 Å². The molecule has 3 aromatic heterocycles. The second-order valence-corrected chi connectivity index (χ2v) is 9.53. The van der Waals surface area contributed by atoms with Gasteiger partial charge in [-0.15, -0.1) is 11.3 Å². The summed E-state index contributed by atoms with van der Waals surface area (Å²) in [6.07, 6.45) is 6.56. The monoisotopic (exact) mass is 424 g/mol. The molecule has 0 bridgehead atoms. The topological polar surface area (TPSA) is 66.7 Å². The first-order valence-corrected chi connectivity index (χ1v) is 11.3. The molecule has 0 saturated carbocycles. The van der Waals surface area contributed by atoms with Crippen LogP contribution in [0.1, 0.15) is 53.2 Å². The standard InChI is InChI=1S/C23H28N4O2S/c1-15(2)16(3)23(29)27-10-7-18(14-27)19-4-5-20(30-19)22(28)25-13-17-6-9-26-11-8-24-21(26)12-17/h4-6,8-9,11-12,15-16,18H,7,10,13-14H2,1-3H3,(H,25,28). The fraction of sp³-hybridized carbons (Fsp3) is 0.435. The average molecular weight is 425 g/mol. The molecule has 0 spiro atoms. The summed E-state index contributed by atoms with van der Waals surface area (Å²) in [5, 5.41) is 3.00. The normalized spacial score (nSPS) is 17.6. The number of carbonyl (C=O) groups is 2.